The number of carbonyl (C=O) groups excluding carboxylic acids is 1. The molecule has 31 heavy (non-hydrogen) atoms. The molecule has 1 fully saturated rings. The van der Waals surface area contributed by atoms with Crippen LogP contribution in [0.3, 0.4) is 0 Å². The van der Waals surface area contributed by atoms with Gasteiger partial charge in [0.05, 0.1) is 11.9 Å². The Hall–Kier alpha value is -3.75. The lowest BCUT2D eigenvalue weighted by atomic mass is 10.1. The number of aryl methyl sites for hydroxylation is 2. The first-order valence-corrected chi connectivity index (χ1v) is 10.3. The van der Waals surface area contributed by atoms with Gasteiger partial charge >= 0.3 is 6.01 Å². The van der Waals surface area contributed by atoms with Crippen molar-refractivity contribution in [2.75, 3.05) is 13.1 Å². The van der Waals surface area contributed by atoms with Crippen LogP contribution < -0.4 is 4.74 Å². The van der Waals surface area contributed by atoms with Crippen molar-refractivity contribution in [3.63, 3.8) is 0 Å². The highest BCUT2D eigenvalue weighted by Gasteiger charge is 2.28. The van der Waals surface area contributed by atoms with Gasteiger partial charge in [-0.1, -0.05) is 6.07 Å². The predicted octanol–water partition coefficient (Wildman–Crippen LogP) is 2.52. The van der Waals surface area contributed by atoms with Gasteiger partial charge in [0.2, 0.25) is 0 Å². The molecule has 0 aliphatic carbocycles. The number of carbonyl (C=O) groups is 1. The number of hydrogen-bond acceptors (Lipinski definition) is 6. The zero-order chi connectivity index (χ0) is 21.4. The highest BCUT2D eigenvalue weighted by atomic mass is 16.5. The monoisotopic (exact) mass is 417 g/mol. The fourth-order valence-electron chi connectivity index (χ4n) is 3.94. The summed E-state index contributed by atoms with van der Waals surface area (Å²) in [6.07, 6.45) is 10.5. The minimum absolute atomic E-state index is 0.00623. The van der Waals surface area contributed by atoms with Crippen molar-refractivity contribution < 1.29 is 9.53 Å². The van der Waals surface area contributed by atoms with Gasteiger partial charge in [-0.05, 0) is 19.1 Å². The van der Waals surface area contributed by atoms with Crippen LogP contribution in [0.25, 0.3) is 16.8 Å². The van der Waals surface area contributed by atoms with E-state index in [2.05, 4.69) is 20.1 Å². The van der Waals surface area contributed by atoms with E-state index in [1.165, 1.54) is 0 Å². The molecular formula is C22H23N7O2. The average Bonchev–Trinajstić information content (AvgIpc) is 3.36. The van der Waals surface area contributed by atoms with Crippen molar-refractivity contribution in [1.29, 1.82) is 0 Å². The molecule has 1 amide bonds. The van der Waals surface area contributed by atoms with E-state index >= 15 is 0 Å². The van der Waals surface area contributed by atoms with Gasteiger partial charge in [0, 0.05) is 68.9 Å². The first-order chi connectivity index (χ1) is 15.1. The summed E-state index contributed by atoms with van der Waals surface area (Å²) >= 11 is 0. The van der Waals surface area contributed by atoms with Gasteiger partial charge < -0.3 is 9.64 Å². The fraction of sp³-hybridized carbons (Fsp3) is 0.318. The van der Waals surface area contributed by atoms with E-state index in [0.29, 0.717) is 24.8 Å². The van der Waals surface area contributed by atoms with E-state index in [1.807, 2.05) is 53.9 Å². The molecule has 1 saturated heterocycles. The number of imidazole rings is 1. The first-order valence-electron chi connectivity index (χ1n) is 10.3. The van der Waals surface area contributed by atoms with Crippen LogP contribution in [0.2, 0.25) is 0 Å². The van der Waals surface area contributed by atoms with Crippen molar-refractivity contribution in [3.05, 3.63) is 60.6 Å². The molecular weight excluding hydrogens is 394 g/mol. The second-order valence-corrected chi connectivity index (χ2v) is 7.74. The SMILES string of the molecule is Cc1nc2ccccn2c1C(=O)N1CCC(Oc2ncc(-c3cnn(C)c3)cn2)CC1. The zero-order valence-electron chi connectivity index (χ0n) is 17.5. The zero-order valence-corrected chi connectivity index (χ0v) is 17.5. The van der Waals surface area contributed by atoms with Crippen LogP contribution >= 0.6 is 0 Å². The van der Waals surface area contributed by atoms with Crippen LogP contribution in [-0.2, 0) is 7.05 Å². The number of piperidine rings is 1. The Morgan fingerprint density at radius 3 is 2.58 bits per heavy atom. The molecule has 9 nitrogen and oxygen atoms in total. The number of hydrogen-bond donors (Lipinski definition) is 0. The Bertz CT molecular complexity index is 1220. The number of likely N-dealkylation sites (tertiary alicyclic amines) is 1. The molecule has 0 saturated carbocycles. The summed E-state index contributed by atoms with van der Waals surface area (Å²) in [5.74, 6) is 0.00623. The van der Waals surface area contributed by atoms with Crippen LogP contribution in [0.1, 0.15) is 29.0 Å². The Labute approximate surface area is 179 Å². The van der Waals surface area contributed by atoms with Crippen LogP contribution in [0.5, 0.6) is 6.01 Å². The molecule has 5 rings (SSSR count). The summed E-state index contributed by atoms with van der Waals surface area (Å²) in [6, 6.07) is 6.09. The minimum atomic E-state index is -0.0171. The Morgan fingerprint density at radius 1 is 1.10 bits per heavy atom. The molecule has 0 unspecified atom stereocenters. The molecule has 158 valence electrons. The molecule has 0 bridgehead atoms. The van der Waals surface area contributed by atoms with E-state index in [1.54, 1.807) is 23.3 Å². The van der Waals surface area contributed by atoms with Crippen molar-refractivity contribution in [1.82, 2.24) is 34.0 Å². The van der Waals surface area contributed by atoms with Crippen LogP contribution in [0.4, 0.5) is 0 Å². The summed E-state index contributed by atoms with van der Waals surface area (Å²) in [5, 5.41) is 4.16. The van der Waals surface area contributed by atoms with E-state index in [4.69, 9.17) is 4.74 Å². The molecule has 0 spiro atoms. The second kappa shape index (κ2) is 7.82. The van der Waals surface area contributed by atoms with Gasteiger partial charge in [0.1, 0.15) is 17.4 Å². The highest BCUT2D eigenvalue weighted by molar-refractivity contribution is 5.94. The summed E-state index contributed by atoms with van der Waals surface area (Å²) in [5.41, 5.74) is 4.02. The highest BCUT2D eigenvalue weighted by Crippen LogP contribution is 2.22. The maximum absolute atomic E-state index is 13.1. The van der Waals surface area contributed by atoms with Gasteiger partial charge in [0.15, 0.2) is 0 Å². The van der Waals surface area contributed by atoms with Crippen LogP contribution in [-0.4, -0.2) is 59.1 Å². The quantitative estimate of drug-likeness (QED) is 0.507. The number of pyridine rings is 1. The van der Waals surface area contributed by atoms with Crippen molar-refractivity contribution in [2.45, 2.75) is 25.9 Å². The lowest BCUT2D eigenvalue weighted by molar-refractivity contribution is 0.0572. The Balaban J connectivity index is 1.21. The number of ether oxygens (including phenoxy) is 1. The lowest BCUT2D eigenvalue weighted by Gasteiger charge is -2.31. The van der Waals surface area contributed by atoms with Gasteiger partial charge in [-0.2, -0.15) is 5.10 Å². The standard InChI is InChI=1S/C22H23N7O2/c1-15-20(29-8-4-3-5-19(29)26-15)21(30)28-9-6-18(7-10-28)31-22-23-11-16(12-24-22)17-13-25-27(2)14-17/h3-5,8,11-14,18H,6-7,9-10H2,1-2H3. The number of fused-ring (bicyclic) bond motifs is 1. The largest absolute Gasteiger partial charge is 0.460 e. The van der Waals surface area contributed by atoms with Gasteiger partial charge in [0.25, 0.3) is 5.91 Å². The van der Waals surface area contributed by atoms with E-state index in [-0.39, 0.29) is 12.0 Å². The van der Waals surface area contributed by atoms with Crippen molar-refractivity contribution in [3.8, 4) is 17.1 Å². The van der Waals surface area contributed by atoms with Crippen LogP contribution in [0.15, 0.2) is 49.2 Å². The average molecular weight is 417 g/mol. The molecule has 4 aromatic heterocycles. The Kier molecular flexibility index (Phi) is 4.85. The molecule has 0 N–H and O–H groups in total. The number of amides is 1. The van der Waals surface area contributed by atoms with Crippen molar-refractivity contribution >= 4 is 11.6 Å². The summed E-state index contributed by atoms with van der Waals surface area (Å²) in [6.45, 7) is 3.12. The normalized spacial score (nSPS) is 14.8. The lowest BCUT2D eigenvalue weighted by Crippen LogP contribution is -2.42. The molecule has 4 aromatic rings. The molecule has 9 heteroatoms. The van der Waals surface area contributed by atoms with Gasteiger partial charge in [-0.3, -0.25) is 13.9 Å². The molecule has 0 aromatic carbocycles. The smallest absolute Gasteiger partial charge is 0.316 e. The summed E-state index contributed by atoms with van der Waals surface area (Å²) in [4.78, 5) is 28.2. The molecule has 0 atom stereocenters. The third-order valence-electron chi connectivity index (χ3n) is 5.57. The maximum atomic E-state index is 13.1. The summed E-state index contributed by atoms with van der Waals surface area (Å²) < 4.78 is 9.56. The number of rotatable bonds is 4. The van der Waals surface area contributed by atoms with E-state index in [0.717, 1.165) is 35.3 Å². The first kappa shape index (κ1) is 19.2. The fourth-order valence-corrected chi connectivity index (χ4v) is 3.94. The van der Waals surface area contributed by atoms with Crippen LogP contribution in [0, 0.1) is 6.92 Å². The topological polar surface area (TPSA) is 90.4 Å². The van der Waals surface area contributed by atoms with E-state index in [9.17, 15) is 4.79 Å². The van der Waals surface area contributed by atoms with E-state index < -0.39 is 0 Å². The summed E-state index contributed by atoms with van der Waals surface area (Å²) in [7, 11) is 1.87. The molecule has 1 aliphatic rings. The predicted molar refractivity (Wildman–Crippen MR) is 114 cm³/mol. The molecule has 0 radical (unpaired) electrons. The third kappa shape index (κ3) is 3.74. The van der Waals surface area contributed by atoms with Crippen molar-refractivity contribution in [2.24, 2.45) is 7.05 Å². The second-order valence-electron chi connectivity index (χ2n) is 7.74. The number of aromatic nitrogens is 6. The molecule has 1 aliphatic heterocycles. The maximum Gasteiger partial charge on any atom is 0.316 e. The molecule has 5 heterocycles. The third-order valence-corrected chi connectivity index (χ3v) is 5.57. The van der Waals surface area contributed by atoms with Gasteiger partial charge in [-0.25, -0.2) is 15.0 Å². The van der Waals surface area contributed by atoms with Gasteiger partial charge in [-0.15, -0.1) is 0 Å². The Morgan fingerprint density at radius 2 is 1.87 bits per heavy atom. The minimum Gasteiger partial charge on any atom is -0.460 e. The number of nitrogens with zero attached hydrogens (tertiary/aromatic N) is 7.